The second kappa shape index (κ2) is 10.6. The fraction of sp³-hybridized carbons (Fsp3) is 0.217. The summed E-state index contributed by atoms with van der Waals surface area (Å²) in [6.45, 7) is 0. The maximum Gasteiger partial charge on any atom is 0.307 e. The van der Waals surface area contributed by atoms with Crippen LogP contribution in [0.2, 0.25) is 0 Å². The van der Waals surface area contributed by atoms with Crippen molar-refractivity contribution < 1.29 is 24.3 Å². The number of carboxylic acids is 1. The van der Waals surface area contributed by atoms with E-state index in [2.05, 4.69) is 10.6 Å². The van der Waals surface area contributed by atoms with Crippen molar-refractivity contribution in [1.82, 2.24) is 0 Å². The highest BCUT2D eigenvalue weighted by Crippen LogP contribution is 2.28. The largest absolute Gasteiger partial charge is 0.481 e. The molecule has 0 spiro atoms. The molecule has 0 aliphatic heterocycles. The summed E-state index contributed by atoms with van der Waals surface area (Å²) < 4.78 is 0. The maximum atomic E-state index is 12.6. The third kappa shape index (κ3) is 6.21. The van der Waals surface area contributed by atoms with E-state index >= 15 is 0 Å². The summed E-state index contributed by atoms with van der Waals surface area (Å²) >= 11 is 1.30. The van der Waals surface area contributed by atoms with Crippen molar-refractivity contribution in [1.29, 1.82) is 0 Å². The molecule has 0 saturated heterocycles. The number of amides is 3. The molecule has 32 heavy (non-hydrogen) atoms. The Kier molecular flexibility index (Phi) is 7.67. The number of thioether (sulfide) groups is 1. The van der Waals surface area contributed by atoms with E-state index in [0.717, 1.165) is 4.90 Å². The average molecular weight is 454 g/mol. The molecule has 2 atom stereocenters. The Balaban J connectivity index is 1.54. The van der Waals surface area contributed by atoms with Crippen molar-refractivity contribution in [3.63, 3.8) is 0 Å². The standard InChI is InChI=1S/C23H23N3O5S/c24-21(28)14-8-10-15(11-9-14)25-20(27)13-32-17-5-3-4-16(12-17)26-22(29)18-6-1-2-7-19(18)23(30)31/h1-5,8-12,18-19H,6-7,13H2,(H2,24,28)(H,25,27)(H,26,29)(H,30,31). The van der Waals surface area contributed by atoms with Crippen LogP contribution < -0.4 is 16.4 Å². The van der Waals surface area contributed by atoms with Gasteiger partial charge in [-0.25, -0.2) is 0 Å². The van der Waals surface area contributed by atoms with Crippen LogP contribution >= 0.6 is 11.8 Å². The van der Waals surface area contributed by atoms with Crippen LogP contribution in [-0.2, 0) is 14.4 Å². The number of hydrogen-bond donors (Lipinski definition) is 4. The minimum Gasteiger partial charge on any atom is -0.481 e. The lowest BCUT2D eigenvalue weighted by atomic mass is 9.82. The van der Waals surface area contributed by atoms with Crippen molar-refractivity contribution in [2.45, 2.75) is 17.7 Å². The Morgan fingerprint density at radius 3 is 2.28 bits per heavy atom. The Hall–Kier alpha value is -3.59. The molecule has 0 radical (unpaired) electrons. The maximum absolute atomic E-state index is 12.6. The zero-order valence-corrected chi connectivity index (χ0v) is 17.9. The smallest absolute Gasteiger partial charge is 0.307 e. The van der Waals surface area contributed by atoms with Gasteiger partial charge in [0.05, 0.1) is 17.6 Å². The topological polar surface area (TPSA) is 139 Å². The summed E-state index contributed by atoms with van der Waals surface area (Å²) in [5.41, 5.74) is 6.65. The van der Waals surface area contributed by atoms with Gasteiger partial charge in [0.15, 0.2) is 0 Å². The summed E-state index contributed by atoms with van der Waals surface area (Å²) in [5.74, 6) is -3.30. The van der Waals surface area contributed by atoms with Gasteiger partial charge in [-0.2, -0.15) is 0 Å². The quantitative estimate of drug-likeness (QED) is 0.358. The zero-order chi connectivity index (χ0) is 23.1. The fourth-order valence-electron chi connectivity index (χ4n) is 3.34. The number of aliphatic carboxylic acids is 1. The van der Waals surface area contributed by atoms with Crippen molar-refractivity contribution in [3.05, 3.63) is 66.2 Å². The van der Waals surface area contributed by atoms with Gasteiger partial charge in [0.1, 0.15) is 0 Å². The van der Waals surface area contributed by atoms with Crippen molar-refractivity contribution in [2.24, 2.45) is 17.6 Å². The van der Waals surface area contributed by atoms with Gasteiger partial charge in [-0.3, -0.25) is 19.2 Å². The Morgan fingerprint density at radius 2 is 1.62 bits per heavy atom. The SMILES string of the molecule is NC(=O)c1ccc(NC(=O)CSc2cccc(NC(=O)C3CC=CCC3C(=O)O)c2)cc1. The number of hydrogen-bond acceptors (Lipinski definition) is 5. The number of benzene rings is 2. The summed E-state index contributed by atoms with van der Waals surface area (Å²) in [4.78, 5) is 48.1. The molecule has 8 nitrogen and oxygen atoms in total. The van der Waals surface area contributed by atoms with E-state index in [1.54, 1.807) is 36.4 Å². The molecular formula is C23H23N3O5S. The van der Waals surface area contributed by atoms with Crippen molar-refractivity contribution >= 4 is 46.8 Å². The fourth-order valence-corrected chi connectivity index (χ4v) is 4.09. The third-order valence-corrected chi connectivity index (χ3v) is 6.00. The van der Waals surface area contributed by atoms with Crippen LogP contribution in [0.15, 0.2) is 65.6 Å². The minimum atomic E-state index is -0.978. The van der Waals surface area contributed by atoms with Gasteiger partial charge in [-0.15, -0.1) is 11.8 Å². The Labute approximate surface area is 189 Å². The van der Waals surface area contributed by atoms with Gasteiger partial charge in [-0.05, 0) is 55.3 Å². The molecule has 166 valence electrons. The number of carboxylic acid groups (broad SMARTS) is 1. The van der Waals surface area contributed by atoms with E-state index in [1.165, 1.54) is 23.9 Å². The van der Waals surface area contributed by atoms with Crippen molar-refractivity contribution in [3.8, 4) is 0 Å². The molecule has 1 aliphatic rings. The highest BCUT2D eigenvalue weighted by molar-refractivity contribution is 8.00. The number of nitrogens with two attached hydrogens (primary N) is 1. The van der Waals surface area contributed by atoms with E-state index in [0.29, 0.717) is 29.8 Å². The molecule has 0 heterocycles. The molecule has 1 aliphatic carbocycles. The highest BCUT2D eigenvalue weighted by Gasteiger charge is 2.33. The molecule has 0 bridgehead atoms. The molecule has 2 aromatic rings. The predicted molar refractivity (Wildman–Crippen MR) is 122 cm³/mol. The Morgan fingerprint density at radius 1 is 0.938 bits per heavy atom. The molecule has 2 aromatic carbocycles. The first-order valence-electron chi connectivity index (χ1n) is 9.94. The van der Waals surface area contributed by atoms with Crippen LogP contribution in [0.25, 0.3) is 0 Å². The van der Waals surface area contributed by atoms with Crippen LogP contribution in [0.4, 0.5) is 11.4 Å². The van der Waals surface area contributed by atoms with E-state index in [4.69, 9.17) is 5.73 Å². The molecule has 0 aromatic heterocycles. The first kappa shape index (κ1) is 23.1. The van der Waals surface area contributed by atoms with Crippen LogP contribution in [0.3, 0.4) is 0 Å². The zero-order valence-electron chi connectivity index (χ0n) is 17.1. The number of primary amides is 1. The number of anilines is 2. The van der Waals surface area contributed by atoms with Gasteiger partial charge in [-0.1, -0.05) is 18.2 Å². The molecule has 3 rings (SSSR count). The molecule has 9 heteroatoms. The third-order valence-electron chi connectivity index (χ3n) is 5.01. The summed E-state index contributed by atoms with van der Waals surface area (Å²) in [6, 6.07) is 13.3. The predicted octanol–water partition coefficient (Wildman–Crippen LogP) is 3.12. The number of allylic oxidation sites excluding steroid dienone is 2. The van der Waals surface area contributed by atoms with Gasteiger partial charge in [0, 0.05) is 21.8 Å². The molecule has 0 saturated carbocycles. The second-order valence-electron chi connectivity index (χ2n) is 7.29. The highest BCUT2D eigenvalue weighted by atomic mass is 32.2. The van der Waals surface area contributed by atoms with E-state index in [9.17, 15) is 24.3 Å². The van der Waals surface area contributed by atoms with E-state index < -0.39 is 23.7 Å². The lowest BCUT2D eigenvalue weighted by Crippen LogP contribution is -2.34. The van der Waals surface area contributed by atoms with Gasteiger partial charge >= 0.3 is 5.97 Å². The monoisotopic (exact) mass is 453 g/mol. The van der Waals surface area contributed by atoms with Crippen LogP contribution in [-0.4, -0.2) is 34.6 Å². The first-order chi connectivity index (χ1) is 15.3. The second-order valence-corrected chi connectivity index (χ2v) is 8.34. The number of carbonyl (C=O) groups is 4. The summed E-state index contributed by atoms with van der Waals surface area (Å²) in [5, 5.41) is 14.9. The number of nitrogens with one attached hydrogen (secondary N) is 2. The lowest BCUT2D eigenvalue weighted by molar-refractivity contribution is -0.146. The molecular weight excluding hydrogens is 430 g/mol. The van der Waals surface area contributed by atoms with Gasteiger partial charge in [0.25, 0.3) is 0 Å². The lowest BCUT2D eigenvalue weighted by Gasteiger charge is -2.24. The Bertz CT molecular complexity index is 1050. The normalized spacial score (nSPS) is 17.4. The summed E-state index contributed by atoms with van der Waals surface area (Å²) in [7, 11) is 0. The summed E-state index contributed by atoms with van der Waals surface area (Å²) in [6.07, 6.45) is 4.34. The van der Waals surface area contributed by atoms with Crippen LogP contribution in [0.5, 0.6) is 0 Å². The van der Waals surface area contributed by atoms with Gasteiger partial charge < -0.3 is 21.5 Å². The minimum absolute atomic E-state index is 0.142. The van der Waals surface area contributed by atoms with Gasteiger partial charge in [0.2, 0.25) is 17.7 Å². The average Bonchev–Trinajstić information content (AvgIpc) is 2.78. The number of carbonyl (C=O) groups excluding carboxylic acids is 3. The molecule has 2 unspecified atom stereocenters. The van der Waals surface area contributed by atoms with Crippen LogP contribution in [0, 0.1) is 11.8 Å². The van der Waals surface area contributed by atoms with Crippen molar-refractivity contribution in [2.75, 3.05) is 16.4 Å². The van der Waals surface area contributed by atoms with E-state index in [-0.39, 0.29) is 17.6 Å². The molecule has 3 amide bonds. The molecule has 5 N–H and O–H groups in total. The molecule has 0 fully saturated rings. The van der Waals surface area contributed by atoms with E-state index in [1.807, 2.05) is 12.1 Å². The van der Waals surface area contributed by atoms with Crippen LogP contribution in [0.1, 0.15) is 23.2 Å². The first-order valence-corrected chi connectivity index (χ1v) is 10.9. The number of rotatable bonds is 8.